The summed E-state index contributed by atoms with van der Waals surface area (Å²) in [7, 11) is -15.3. The molecule has 2 heterocycles. The lowest BCUT2D eigenvalue weighted by molar-refractivity contribution is 0.459. The number of hydrogen-bond acceptors (Lipinski definition) is 17. The van der Waals surface area contributed by atoms with Gasteiger partial charge in [0.15, 0.2) is 0 Å². The highest BCUT2D eigenvalue weighted by Gasteiger charge is 2.22. The van der Waals surface area contributed by atoms with Crippen LogP contribution in [0.25, 0.3) is 41.6 Å². The minimum Gasteiger partial charge on any atom is -0.744 e. The molecule has 0 radical (unpaired) electrons. The van der Waals surface area contributed by atoms with Crippen molar-refractivity contribution in [1.82, 2.24) is 9.97 Å². The predicted molar refractivity (Wildman–Crippen MR) is 172 cm³/mol. The van der Waals surface area contributed by atoms with Gasteiger partial charge in [-0.2, -0.15) is 5.11 Å². The van der Waals surface area contributed by atoms with Crippen LogP contribution in [-0.2, 0) is 30.4 Å². The molecule has 2 aromatic heterocycles. The van der Waals surface area contributed by atoms with Gasteiger partial charge in [-0.3, -0.25) is 0 Å². The van der Waals surface area contributed by atoms with Crippen molar-refractivity contribution in [3.8, 4) is 21.1 Å². The zero-order chi connectivity index (χ0) is 34.1. The van der Waals surface area contributed by atoms with Gasteiger partial charge in [0.1, 0.15) is 46.1 Å². The average Bonchev–Trinajstić information content (AvgIpc) is 3.59. The Labute approximate surface area is 274 Å². The second-order valence-corrected chi connectivity index (χ2v) is 16.0. The van der Waals surface area contributed by atoms with Gasteiger partial charge in [0.25, 0.3) is 0 Å². The summed E-state index contributed by atoms with van der Waals surface area (Å²) in [6.07, 6.45) is 0. The molecule has 0 unspecified atom stereocenters. The zero-order valence-corrected chi connectivity index (χ0v) is 27.5. The molecule has 0 aliphatic rings. The number of nitrogens with two attached hydrogens (primary N) is 2. The summed E-state index contributed by atoms with van der Waals surface area (Å²) in [6, 6.07) is 15.4. The largest absolute Gasteiger partial charge is 0.744 e. The van der Waals surface area contributed by atoms with Gasteiger partial charge in [-0.25, -0.2) is 35.2 Å². The highest BCUT2D eigenvalue weighted by molar-refractivity contribution is 7.87. The van der Waals surface area contributed by atoms with Crippen molar-refractivity contribution in [2.75, 3.05) is 11.5 Å². The fourth-order valence-corrected chi connectivity index (χ4v) is 8.88. The molecule has 242 valence electrons. The van der Waals surface area contributed by atoms with Gasteiger partial charge in [0.05, 0.1) is 52.2 Å². The van der Waals surface area contributed by atoms with Gasteiger partial charge < -0.3 is 25.1 Å². The third-order valence-corrected chi connectivity index (χ3v) is 11.7. The van der Waals surface area contributed by atoms with Crippen molar-refractivity contribution >= 4 is 96.2 Å². The molecule has 0 amide bonds. The van der Waals surface area contributed by atoms with Crippen LogP contribution in [0.15, 0.2) is 85.6 Å². The normalized spacial score (nSPS) is 12.9. The second-order valence-electron chi connectivity index (χ2n) is 9.94. The number of nitrogens with zero attached hydrogens (tertiary/aromatic N) is 4. The SMILES string of the molecule is Cc1ccc2sc(-c3ccc4nc(-c5ccc(N=Nc6c(N)c(S(=O)(=O)[O-])cc(S(=O)(=O)[O-])c6N)cc5)sc4c3)nc2c1S(=O)(=O)[O-]. The summed E-state index contributed by atoms with van der Waals surface area (Å²) in [5.41, 5.74) is 12.0. The van der Waals surface area contributed by atoms with Gasteiger partial charge in [-0.1, -0.05) is 6.07 Å². The maximum absolute atomic E-state index is 11.9. The van der Waals surface area contributed by atoms with Crippen molar-refractivity contribution in [2.24, 2.45) is 10.2 Å². The maximum Gasteiger partial charge on any atom is 0.134 e. The number of hydrogen-bond donors (Lipinski definition) is 2. The number of azo groups is 1. The van der Waals surface area contributed by atoms with E-state index in [0.29, 0.717) is 43.0 Å². The molecule has 0 fully saturated rings. The molecule has 15 nitrogen and oxygen atoms in total. The first-order valence-corrected chi connectivity index (χ1v) is 18.7. The van der Waals surface area contributed by atoms with E-state index < -0.39 is 57.2 Å². The number of nitrogen functional groups attached to an aromatic ring is 2. The molecule has 4 N–H and O–H groups in total. The van der Waals surface area contributed by atoms with E-state index in [4.69, 9.17) is 11.5 Å². The fourth-order valence-electron chi connectivity index (χ4n) is 4.64. The molecule has 20 heteroatoms. The van der Waals surface area contributed by atoms with Crippen LogP contribution in [0.3, 0.4) is 0 Å². The van der Waals surface area contributed by atoms with Gasteiger partial charge in [0, 0.05) is 11.1 Å². The van der Waals surface area contributed by atoms with Gasteiger partial charge in [0.2, 0.25) is 0 Å². The predicted octanol–water partition coefficient (Wildman–Crippen LogP) is 4.84. The third-order valence-electron chi connectivity index (χ3n) is 6.82. The van der Waals surface area contributed by atoms with E-state index in [-0.39, 0.29) is 16.1 Å². The van der Waals surface area contributed by atoms with E-state index in [9.17, 15) is 38.9 Å². The lowest BCUT2D eigenvalue weighted by atomic mass is 10.2. The molecule has 0 saturated heterocycles. The van der Waals surface area contributed by atoms with Crippen LogP contribution in [0.2, 0.25) is 0 Å². The quantitative estimate of drug-likeness (QED) is 0.127. The number of aromatic nitrogens is 2. The summed E-state index contributed by atoms with van der Waals surface area (Å²) in [5, 5.41) is 8.80. The van der Waals surface area contributed by atoms with Crippen molar-refractivity contribution in [2.45, 2.75) is 21.6 Å². The highest BCUT2D eigenvalue weighted by atomic mass is 32.2. The average molecular weight is 730 g/mol. The van der Waals surface area contributed by atoms with E-state index in [2.05, 4.69) is 20.2 Å². The number of anilines is 2. The Hall–Kier alpha value is -4.41. The van der Waals surface area contributed by atoms with Crippen LogP contribution in [-0.4, -0.2) is 48.9 Å². The van der Waals surface area contributed by atoms with Gasteiger partial charge in [-0.15, -0.1) is 27.8 Å². The molecule has 0 aliphatic heterocycles. The first-order valence-electron chi connectivity index (χ1n) is 12.8. The molecule has 0 atom stereocenters. The summed E-state index contributed by atoms with van der Waals surface area (Å²) >= 11 is 2.62. The molecule has 0 bridgehead atoms. The first-order chi connectivity index (χ1) is 21.9. The third kappa shape index (κ3) is 6.19. The minimum atomic E-state index is -5.30. The number of aryl methyl sites for hydroxylation is 1. The van der Waals surface area contributed by atoms with Crippen LogP contribution >= 0.6 is 22.7 Å². The molecule has 6 aromatic rings. The van der Waals surface area contributed by atoms with Crippen LogP contribution in [0.5, 0.6) is 0 Å². The Morgan fingerprint density at radius 3 is 1.83 bits per heavy atom. The highest BCUT2D eigenvalue weighted by Crippen LogP contribution is 2.41. The summed E-state index contributed by atoms with van der Waals surface area (Å²) < 4.78 is 107. The monoisotopic (exact) mass is 729 g/mol. The standard InChI is InChI=1S/C27H20N6O9S5/c1-12-2-9-17-23(25(12)47(40,41)42)31-27(43-17)14-5-8-16-18(10-14)44-26(30-16)13-3-6-15(7-4-13)32-33-24-21(28)19(45(34,35)36)11-20(22(24)29)46(37,38)39/h2-11H,28-29H2,1H3,(H,34,35,36)(H,37,38,39)(H,40,41,42)/p-3. The van der Waals surface area contributed by atoms with Crippen molar-refractivity contribution < 1.29 is 38.9 Å². The Morgan fingerprint density at radius 2 is 1.23 bits per heavy atom. The van der Waals surface area contributed by atoms with Crippen LogP contribution < -0.4 is 11.5 Å². The van der Waals surface area contributed by atoms with Crippen LogP contribution in [0, 0.1) is 6.92 Å². The lowest BCUT2D eigenvalue weighted by Crippen LogP contribution is -2.10. The summed E-state index contributed by atoms with van der Waals surface area (Å²) in [5.74, 6) is 0. The molecular formula is C27H17N6O9S5-3. The molecule has 0 aliphatic carbocycles. The van der Waals surface area contributed by atoms with Crippen LogP contribution in [0.1, 0.15) is 5.56 Å². The fraction of sp³-hybridized carbons (Fsp3) is 0.0370. The van der Waals surface area contributed by atoms with E-state index >= 15 is 0 Å². The van der Waals surface area contributed by atoms with Gasteiger partial charge >= 0.3 is 0 Å². The van der Waals surface area contributed by atoms with E-state index in [1.54, 1.807) is 43.3 Å². The Bertz CT molecular complexity index is 2580. The minimum absolute atomic E-state index is 0.131. The van der Waals surface area contributed by atoms with E-state index in [1.807, 2.05) is 6.07 Å². The van der Waals surface area contributed by atoms with Crippen molar-refractivity contribution in [3.63, 3.8) is 0 Å². The molecular weight excluding hydrogens is 713 g/mol. The Morgan fingerprint density at radius 1 is 0.660 bits per heavy atom. The summed E-state index contributed by atoms with van der Waals surface area (Å²) in [4.78, 5) is 6.43. The number of rotatable bonds is 7. The maximum atomic E-state index is 11.9. The van der Waals surface area contributed by atoms with Crippen molar-refractivity contribution in [1.29, 1.82) is 0 Å². The lowest BCUT2D eigenvalue weighted by Gasteiger charge is -2.18. The zero-order valence-electron chi connectivity index (χ0n) is 23.4. The number of thiazole rings is 2. The van der Waals surface area contributed by atoms with E-state index in [0.717, 1.165) is 4.70 Å². The Kier molecular flexibility index (Phi) is 7.88. The van der Waals surface area contributed by atoms with Crippen molar-refractivity contribution in [3.05, 3.63) is 66.2 Å². The molecule has 4 aromatic carbocycles. The molecule has 0 saturated carbocycles. The van der Waals surface area contributed by atoms with Crippen LogP contribution in [0.4, 0.5) is 22.7 Å². The Balaban J connectivity index is 1.31. The first kappa shape index (κ1) is 32.5. The number of benzene rings is 4. The topological polar surface area (TPSA) is 274 Å². The smallest absolute Gasteiger partial charge is 0.134 e. The van der Waals surface area contributed by atoms with Gasteiger partial charge in [-0.05, 0) is 67.1 Å². The number of fused-ring (bicyclic) bond motifs is 2. The molecule has 6 rings (SSSR count). The molecule has 0 spiro atoms. The summed E-state index contributed by atoms with van der Waals surface area (Å²) in [6.45, 7) is 1.54. The molecule has 47 heavy (non-hydrogen) atoms. The van der Waals surface area contributed by atoms with E-state index in [1.165, 1.54) is 34.8 Å². The second kappa shape index (κ2) is 11.4.